The Bertz CT molecular complexity index is 454. The zero-order valence-corrected chi connectivity index (χ0v) is 13.3. The Balaban J connectivity index is 1.94. The molecule has 0 radical (unpaired) electrons. The van der Waals surface area contributed by atoms with Gasteiger partial charge in [-0.1, -0.05) is 6.07 Å². The average Bonchev–Trinajstić information content (AvgIpc) is 2.45. The molecule has 2 atom stereocenters. The van der Waals surface area contributed by atoms with E-state index in [0.717, 1.165) is 23.5 Å². The zero-order valence-electron chi connectivity index (χ0n) is 12.5. The summed E-state index contributed by atoms with van der Waals surface area (Å²) >= 11 is 1.58. The first-order chi connectivity index (χ1) is 9.61. The molecule has 0 saturated carbocycles. The number of likely N-dealkylation sites (tertiary alicyclic amines) is 1. The number of amides is 1. The van der Waals surface area contributed by atoms with Crippen LogP contribution in [0.25, 0.3) is 0 Å². The maximum absolute atomic E-state index is 12.4. The summed E-state index contributed by atoms with van der Waals surface area (Å²) in [6, 6.07) is 8.61. The molecule has 1 aliphatic rings. The lowest BCUT2D eigenvalue weighted by atomic mass is 9.98. The van der Waals surface area contributed by atoms with Gasteiger partial charge in [0.2, 0.25) is 5.91 Å². The van der Waals surface area contributed by atoms with Crippen LogP contribution in [0, 0.1) is 0 Å². The van der Waals surface area contributed by atoms with Crippen molar-refractivity contribution in [2.45, 2.75) is 50.1 Å². The first-order valence-electron chi connectivity index (χ1n) is 7.20. The number of methoxy groups -OCH3 is 1. The summed E-state index contributed by atoms with van der Waals surface area (Å²) in [6.45, 7) is 4.31. The van der Waals surface area contributed by atoms with Crippen molar-refractivity contribution < 1.29 is 9.53 Å². The summed E-state index contributed by atoms with van der Waals surface area (Å²) in [5.41, 5.74) is 0. The van der Waals surface area contributed by atoms with Crippen LogP contribution < -0.4 is 4.74 Å². The highest BCUT2D eigenvalue weighted by molar-refractivity contribution is 8.00. The standard InChI is InChI=1S/C16H23NO2S/c1-12-6-4-7-13(2)17(12)16(18)11-20-15-9-5-8-14(10-15)19-3/h5,8-10,12-13H,4,6-7,11H2,1-3H3. The van der Waals surface area contributed by atoms with Crippen LogP contribution in [0.1, 0.15) is 33.1 Å². The fraction of sp³-hybridized carbons (Fsp3) is 0.562. The van der Waals surface area contributed by atoms with E-state index in [1.165, 1.54) is 6.42 Å². The summed E-state index contributed by atoms with van der Waals surface area (Å²) in [4.78, 5) is 15.6. The molecule has 1 amide bonds. The minimum absolute atomic E-state index is 0.248. The number of benzene rings is 1. The monoisotopic (exact) mass is 293 g/mol. The van der Waals surface area contributed by atoms with Crippen LogP contribution in [-0.2, 0) is 4.79 Å². The van der Waals surface area contributed by atoms with E-state index in [1.54, 1.807) is 18.9 Å². The van der Waals surface area contributed by atoms with Gasteiger partial charge in [-0.2, -0.15) is 0 Å². The number of piperidine rings is 1. The van der Waals surface area contributed by atoms with Crippen LogP contribution in [0.15, 0.2) is 29.2 Å². The van der Waals surface area contributed by atoms with Crippen LogP contribution in [0.2, 0.25) is 0 Å². The van der Waals surface area contributed by atoms with E-state index in [-0.39, 0.29) is 5.91 Å². The minimum atomic E-state index is 0.248. The zero-order chi connectivity index (χ0) is 14.5. The van der Waals surface area contributed by atoms with Gasteiger partial charge in [0.25, 0.3) is 0 Å². The molecule has 110 valence electrons. The summed E-state index contributed by atoms with van der Waals surface area (Å²) in [6.07, 6.45) is 3.48. The smallest absolute Gasteiger partial charge is 0.233 e. The van der Waals surface area contributed by atoms with Gasteiger partial charge in [0.15, 0.2) is 0 Å². The van der Waals surface area contributed by atoms with Gasteiger partial charge in [-0.15, -0.1) is 11.8 Å². The Kier molecular flexibility index (Phi) is 5.35. The van der Waals surface area contributed by atoms with Crippen molar-refractivity contribution in [3.05, 3.63) is 24.3 Å². The van der Waals surface area contributed by atoms with Crippen molar-refractivity contribution >= 4 is 17.7 Å². The number of hydrogen-bond donors (Lipinski definition) is 0. The molecule has 1 saturated heterocycles. The number of carbonyl (C=O) groups is 1. The van der Waals surface area contributed by atoms with Crippen molar-refractivity contribution in [2.24, 2.45) is 0 Å². The fourth-order valence-corrected chi connectivity index (χ4v) is 3.64. The van der Waals surface area contributed by atoms with E-state index in [0.29, 0.717) is 17.8 Å². The number of nitrogens with zero attached hydrogens (tertiary/aromatic N) is 1. The minimum Gasteiger partial charge on any atom is -0.497 e. The Labute approximate surface area is 125 Å². The Morgan fingerprint density at radius 1 is 1.35 bits per heavy atom. The van der Waals surface area contributed by atoms with Crippen molar-refractivity contribution in [3.63, 3.8) is 0 Å². The molecule has 0 spiro atoms. The maximum atomic E-state index is 12.4. The predicted octanol–water partition coefficient (Wildman–Crippen LogP) is 3.58. The van der Waals surface area contributed by atoms with Crippen molar-refractivity contribution in [3.8, 4) is 5.75 Å². The van der Waals surface area contributed by atoms with Crippen LogP contribution in [0.4, 0.5) is 0 Å². The normalized spacial score (nSPS) is 22.6. The second kappa shape index (κ2) is 7.02. The van der Waals surface area contributed by atoms with Gasteiger partial charge in [-0.05, 0) is 51.3 Å². The molecule has 4 heteroatoms. The molecule has 1 heterocycles. The number of hydrogen-bond acceptors (Lipinski definition) is 3. The lowest BCUT2D eigenvalue weighted by Crippen LogP contribution is -2.48. The van der Waals surface area contributed by atoms with E-state index in [4.69, 9.17) is 4.74 Å². The highest BCUT2D eigenvalue weighted by Gasteiger charge is 2.28. The maximum Gasteiger partial charge on any atom is 0.233 e. The van der Waals surface area contributed by atoms with Crippen LogP contribution in [0.5, 0.6) is 5.75 Å². The van der Waals surface area contributed by atoms with Gasteiger partial charge in [-0.3, -0.25) is 4.79 Å². The molecular formula is C16H23NO2S. The SMILES string of the molecule is COc1cccc(SCC(=O)N2C(C)CCCC2C)c1. The molecule has 3 nitrogen and oxygen atoms in total. The molecule has 2 rings (SSSR count). The predicted molar refractivity (Wildman–Crippen MR) is 83.3 cm³/mol. The summed E-state index contributed by atoms with van der Waals surface area (Å²) in [5.74, 6) is 1.58. The second-order valence-electron chi connectivity index (χ2n) is 5.40. The van der Waals surface area contributed by atoms with E-state index in [1.807, 2.05) is 24.3 Å². The van der Waals surface area contributed by atoms with E-state index < -0.39 is 0 Å². The Morgan fingerprint density at radius 3 is 2.70 bits per heavy atom. The molecule has 0 aromatic heterocycles. The highest BCUT2D eigenvalue weighted by Crippen LogP contribution is 2.26. The number of thioether (sulfide) groups is 1. The van der Waals surface area contributed by atoms with Gasteiger partial charge < -0.3 is 9.64 Å². The molecule has 1 aromatic rings. The van der Waals surface area contributed by atoms with Gasteiger partial charge in [0.1, 0.15) is 5.75 Å². The molecule has 1 aromatic carbocycles. The molecule has 0 aliphatic carbocycles. The molecule has 0 bridgehead atoms. The molecule has 0 N–H and O–H groups in total. The number of carbonyl (C=O) groups excluding carboxylic acids is 1. The number of rotatable bonds is 4. The molecule has 20 heavy (non-hydrogen) atoms. The van der Waals surface area contributed by atoms with Crippen molar-refractivity contribution in [1.82, 2.24) is 4.90 Å². The Morgan fingerprint density at radius 2 is 2.05 bits per heavy atom. The summed E-state index contributed by atoms with van der Waals surface area (Å²) < 4.78 is 5.20. The largest absolute Gasteiger partial charge is 0.497 e. The third-order valence-electron chi connectivity index (χ3n) is 3.89. The molecule has 1 aliphatic heterocycles. The van der Waals surface area contributed by atoms with Crippen LogP contribution >= 0.6 is 11.8 Å². The quantitative estimate of drug-likeness (QED) is 0.795. The third kappa shape index (κ3) is 3.69. The fourth-order valence-electron chi connectivity index (χ4n) is 2.82. The molecule has 2 unspecified atom stereocenters. The summed E-state index contributed by atoms with van der Waals surface area (Å²) in [5, 5.41) is 0. The second-order valence-corrected chi connectivity index (χ2v) is 6.45. The molecule has 1 fully saturated rings. The lowest BCUT2D eigenvalue weighted by Gasteiger charge is -2.39. The van der Waals surface area contributed by atoms with Gasteiger partial charge in [-0.25, -0.2) is 0 Å². The lowest BCUT2D eigenvalue weighted by molar-refractivity contribution is -0.134. The first-order valence-corrected chi connectivity index (χ1v) is 8.18. The van der Waals surface area contributed by atoms with Crippen molar-refractivity contribution in [1.29, 1.82) is 0 Å². The Hall–Kier alpha value is -1.16. The van der Waals surface area contributed by atoms with Gasteiger partial charge in [0.05, 0.1) is 12.9 Å². The van der Waals surface area contributed by atoms with Crippen molar-refractivity contribution in [2.75, 3.05) is 12.9 Å². The average molecular weight is 293 g/mol. The van der Waals surface area contributed by atoms with Crippen LogP contribution in [0.3, 0.4) is 0 Å². The summed E-state index contributed by atoms with van der Waals surface area (Å²) in [7, 11) is 1.66. The van der Waals surface area contributed by atoms with Gasteiger partial charge in [0, 0.05) is 17.0 Å². The number of ether oxygens (including phenoxy) is 1. The third-order valence-corrected chi connectivity index (χ3v) is 4.86. The molecular weight excluding hydrogens is 270 g/mol. The first kappa shape index (κ1) is 15.2. The highest BCUT2D eigenvalue weighted by atomic mass is 32.2. The van der Waals surface area contributed by atoms with Crippen LogP contribution in [-0.4, -0.2) is 35.8 Å². The van der Waals surface area contributed by atoms with E-state index >= 15 is 0 Å². The van der Waals surface area contributed by atoms with E-state index in [9.17, 15) is 4.79 Å². The topological polar surface area (TPSA) is 29.5 Å². The van der Waals surface area contributed by atoms with E-state index in [2.05, 4.69) is 18.7 Å². The van der Waals surface area contributed by atoms with Gasteiger partial charge >= 0.3 is 0 Å².